The van der Waals surface area contributed by atoms with Crippen molar-refractivity contribution >= 4 is 16.7 Å². The third-order valence-corrected chi connectivity index (χ3v) is 7.50. The van der Waals surface area contributed by atoms with E-state index in [1.807, 2.05) is 18.2 Å². The SMILES string of the molecule is C=C/C(=C\CN)C(N)/C=C\C=C\C1=c2ccccc2=C(c2ccc(-c3cccc(C4=CNCC=C4)c3)cc2)CC1. The van der Waals surface area contributed by atoms with Gasteiger partial charge >= 0.3 is 0 Å². The lowest BCUT2D eigenvalue weighted by Crippen LogP contribution is -2.31. The summed E-state index contributed by atoms with van der Waals surface area (Å²) >= 11 is 0. The summed E-state index contributed by atoms with van der Waals surface area (Å²) in [6, 6.07) is 26.3. The van der Waals surface area contributed by atoms with Crippen LogP contribution in [0.5, 0.6) is 0 Å². The molecular weight excluding hydrogens is 486 g/mol. The zero-order valence-corrected chi connectivity index (χ0v) is 22.9. The molecule has 1 heterocycles. The van der Waals surface area contributed by atoms with Crippen LogP contribution in [-0.2, 0) is 0 Å². The molecule has 2 aliphatic rings. The maximum atomic E-state index is 6.25. The first-order valence-electron chi connectivity index (χ1n) is 13.9. The van der Waals surface area contributed by atoms with Gasteiger partial charge in [0.1, 0.15) is 0 Å². The number of nitrogens with one attached hydrogen (secondary N) is 1. The van der Waals surface area contributed by atoms with Gasteiger partial charge in [-0.25, -0.2) is 0 Å². The first-order valence-corrected chi connectivity index (χ1v) is 13.9. The van der Waals surface area contributed by atoms with Crippen molar-refractivity contribution in [3.05, 3.63) is 161 Å². The van der Waals surface area contributed by atoms with Gasteiger partial charge in [-0.2, -0.15) is 0 Å². The van der Waals surface area contributed by atoms with Crippen LogP contribution in [0.25, 0.3) is 27.8 Å². The van der Waals surface area contributed by atoms with Gasteiger partial charge in [-0.1, -0.05) is 122 Å². The van der Waals surface area contributed by atoms with Crippen molar-refractivity contribution in [2.75, 3.05) is 13.1 Å². The van der Waals surface area contributed by atoms with Crippen molar-refractivity contribution in [3.8, 4) is 11.1 Å². The second-order valence-corrected chi connectivity index (χ2v) is 10.0. The topological polar surface area (TPSA) is 64.1 Å². The zero-order valence-electron chi connectivity index (χ0n) is 22.9. The third kappa shape index (κ3) is 6.23. The van der Waals surface area contributed by atoms with Gasteiger partial charge < -0.3 is 16.8 Å². The average molecular weight is 524 g/mol. The average Bonchev–Trinajstić information content (AvgIpc) is 3.02. The summed E-state index contributed by atoms with van der Waals surface area (Å²) in [7, 11) is 0. The Bertz CT molecular complexity index is 1650. The van der Waals surface area contributed by atoms with E-state index in [4.69, 9.17) is 11.5 Å². The zero-order chi connectivity index (χ0) is 27.7. The summed E-state index contributed by atoms with van der Waals surface area (Å²) in [5, 5.41) is 5.91. The van der Waals surface area contributed by atoms with Gasteiger partial charge in [0.2, 0.25) is 0 Å². The van der Waals surface area contributed by atoms with E-state index in [1.165, 1.54) is 49.4 Å². The number of benzene rings is 3. The number of hydrogen-bond donors (Lipinski definition) is 3. The summed E-state index contributed by atoms with van der Waals surface area (Å²) in [5.74, 6) is 0. The molecule has 0 aromatic heterocycles. The van der Waals surface area contributed by atoms with E-state index in [0.717, 1.165) is 25.0 Å². The lowest BCUT2D eigenvalue weighted by molar-refractivity contribution is 0.969. The summed E-state index contributed by atoms with van der Waals surface area (Å²) < 4.78 is 0. The Morgan fingerprint density at radius 2 is 1.65 bits per heavy atom. The molecule has 0 bridgehead atoms. The fourth-order valence-corrected chi connectivity index (χ4v) is 5.38. The molecule has 3 nitrogen and oxygen atoms in total. The fourth-order valence-electron chi connectivity index (χ4n) is 5.38. The largest absolute Gasteiger partial charge is 0.387 e. The van der Waals surface area contributed by atoms with Crippen LogP contribution in [0.4, 0.5) is 0 Å². The van der Waals surface area contributed by atoms with E-state index >= 15 is 0 Å². The van der Waals surface area contributed by atoms with Crippen LogP contribution < -0.4 is 27.2 Å². The number of allylic oxidation sites excluding steroid dienone is 5. The molecule has 1 unspecified atom stereocenters. The summed E-state index contributed by atoms with van der Waals surface area (Å²) in [4.78, 5) is 0. The van der Waals surface area contributed by atoms with Gasteiger partial charge in [-0.15, -0.1) is 0 Å². The number of nitrogens with two attached hydrogens (primary N) is 2. The molecule has 40 heavy (non-hydrogen) atoms. The first kappa shape index (κ1) is 27.1. The van der Waals surface area contributed by atoms with Crippen LogP contribution in [0.1, 0.15) is 24.0 Å². The highest BCUT2D eigenvalue weighted by Crippen LogP contribution is 2.28. The van der Waals surface area contributed by atoms with E-state index in [9.17, 15) is 0 Å². The van der Waals surface area contributed by atoms with Crippen LogP contribution >= 0.6 is 0 Å². The molecular formula is C37H37N3. The molecule has 1 aliphatic carbocycles. The van der Waals surface area contributed by atoms with Crippen molar-refractivity contribution in [2.45, 2.75) is 18.9 Å². The maximum absolute atomic E-state index is 6.25. The fraction of sp³-hybridized carbons (Fsp3) is 0.135. The lowest BCUT2D eigenvalue weighted by Gasteiger charge is -2.16. The summed E-state index contributed by atoms with van der Waals surface area (Å²) in [6.45, 7) is 5.17. The molecule has 200 valence electrons. The normalized spacial score (nSPS) is 16.1. The standard InChI is InChI=1S/C37H37N3/c1-2-27(22-23-38)37(39)15-6-3-9-29-20-21-35(36-14-5-4-13-34(29)36)30-18-16-28(17-19-30)31-10-7-11-32(25-31)33-12-8-24-40-26-33/h2-19,22,25-26,37,40H,1,20-21,23-24,38-39H2/b9-3+,15-6-,27-22+. The van der Waals surface area contributed by atoms with E-state index in [0.29, 0.717) is 6.54 Å². The van der Waals surface area contributed by atoms with Gasteiger partial charge in [-0.05, 0) is 73.9 Å². The van der Waals surface area contributed by atoms with Gasteiger partial charge in [-0.3, -0.25) is 0 Å². The third-order valence-electron chi connectivity index (χ3n) is 7.50. The number of fused-ring (bicyclic) bond motifs is 1. The highest BCUT2D eigenvalue weighted by Gasteiger charge is 2.12. The van der Waals surface area contributed by atoms with Crippen LogP contribution in [-0.4, -0.2) is 19.1 Å². The highest BCUT2D eigenvalue weighted by molar-refractivity contribution is 5.79. The molecule has 5 N–H and O–H groups in total. The quantitative estimate of drug-likeness (QED) is 0.324. The predicted octanol–water partition coefficient (Wildman–Crippen LogP) is 5.51. The Kier molecular flexibility index (Phi) is 8.87. The molecule has 3 aromatic rings. The molecule has 0 spiro atoms. The molecule has 0 fully saturated rings. The Morgan fingerprint density at radius 1 is 0.875 bits per heavy atom. The molecule has 0 radical (unpaired) electrons. The lowest BCUT2D eigenvalue weighted by atomic mass is 9.88. The number of rotatable bonds is 9. The van der Waals surface area contributed by atoms with Gasteiger partial charge in [0.05, 0.1) is 0 Å². The van der Waals surface area contributed by atoms with E-state index in [2.05, 4.69) is 115 Å². The molecule has 0 saturated heterocycles. The summed E-state index contributed by atoms with van der Waals surface area (Å²) in [5.41, 5.74) is 21.7. The smallest absolute Gasteiger partial charge is 0.0481 e. The minimum atomic E-state index is -0.210. The molecule has 3 heteroatoms. The molecule has 0 amide bonds. The Labute approximate surface area is 237 Å². The van der Waals surface area contributed by atoms with Crippen molar-refractivity contribution in [1.29, 1.82) is 0 Å². The van der Waals surface area contributed by atoms with E-state index < -0.39 is 0 Å². The second-order valence-electron chi connectivity index (χ2n) is 10.0. The summed E-state index contributed by atoms with van der Waals surface area (Å²) in [6.07, 6.45) is 20.4. The van der Waals surface area contributed by atoms with E-state index in [1.54, 1.807) is 6.08 Å². The second kappa shape index (κ2) is 13.1. The Hall–Kier alpha value is -4.44. The van der Waals surface area contributed by atoms with Crippen molar-refractivity contribution in [2.24, 2.45) is 11.5 Å². The number of dihydropyridines is 1. The number of hydrogen-bond acceptors (Lipinski definition) is 3. The van der Waals surface area contributed by atoms with Gasteiger partial charge in [0.15, 0.2) is 0 Å². The van der Waals surface area contributed by atoms with Crippen LogP contribution in [0.15, 0.2) is 140 Å². The van der Waals surface area contributed by atoms with Crippen molar-refractivity contribution in [1.82, 2.24) is 5.32 Å². The predicted molar refractivity (Wildman–Crippen MR) is 171 cm³/mol. The van der Waals surface area contributed by atoms with Crippen LogP contribution in [0.3, 0.4) is 0 Å². The molecule has 0 saturated carbocycles. The van der Waals surface area contributed by atoms with E-state index in [-0.39, 0.29) is 6.04 Å². The minimum absolute atomic E-state index is 0.210. The molecule has 1 aliphatic heterocycles. The molecule has 1 atom stereocenters. The van der Waals surface area contributed by atoms with Crippen LogP contribution in [0, 0.1) is 0 Å². The maximum Gasteiger partial charge on any atom is 0.0481 e. The van der Waals surface area contributed by atoms with Crippen molar-refractivity contribution < 1.29 is 0 Å². The Balaban J connectivity index is 1.41. The first-order chi connectivity index (χ1) is 19.7. The van der Waals surface area contributed by atoms with Crippen LogP contribution in [0.2, 0.25) is 0 Å². The van der Waals surface area contributed by atoms with Gasteiger partial charge in [0.25, 0.3) is 0 Å². The minimum Gasteiger partial charge on any atom is -0.387 e. The van der Waals surface area contributed by atoms with Crippen molar-refractivity contribution in [3.63, 3.8) is 0 Å². The monoisotopic (exact) mass is 523 g/mol. The highest BCUT2D eigenvalue weighted by atomic mass is 14.8. The Morgan fingerprint density at radius 3 is 2.40 bits per heavy atom. The molecule has 3 aromatic carbocycles. The molecule has 5 rings (SSSR count). The van der Waals surface area contributed by atoms with Gasteiger partial charge in [0, 0.05) is 25.3 Å².